The first kappa shape index (κ1) is 22.1. The predicted octanol–water partition coefficient (Wildman–Crippen LogP) is 4.75. The Morgan fingerprint density at radius 3 is 2.62 bits per heavy atom. The van der Waals surface area contributed by atoms with Crippen molar-refractivity contribution in [2.45, 2.75) is 6.54 Å². The van der Waals surface area contributed by atoms with E-state index >= 15 is 0 Å². The second kappa shape index (κ2) is 9.16. The molecule has 1 aliphatic rings. The maximum absolute atomic E-state index is 13.2. The van der Waals surface area contributed by atoms with Gasteiger partial charge < -0.3 is 9.87 Å². The molecule has 162 valence electrons. The number of carbonyl (C=O) groups is 2. The van der Waals surface area contributed by atoms with E-state index in [4.69, 9.17) is 11.6 Å². The van der Waals surface area contributed by atoms with Gasteiger partial charge in [-0.05, 0) is 53.6 Å². The minimum atomic E-state index is -1.70. The largest absolute Gasteiger partial charge is 0.588 e. The number of benzene rings is 3. The molecule has 1 aliphatic heterocycles. The number of carbonyl (C=O) groups excluding carboxylic acids is 2. The van der Waals surface area contributed by atoms with Gasteiger partial charge in [-0.2, -0.15) is 4.31 Å². The van der Waals surface area contributed by atoms with Gasteiger partial charge in [0.05, 0.1) is 18.3 Å². The van der Waals surface area contributed by atoms with Crippen molar-refractivity contribution < 1.29 is 18.5 Å². The van der Waals surface area contributed by atoms with Crippen LogP contribution in [0.5, 0.6) is 0 Å². The zero-order chi connectivity index (χ0) is 22.8. The minimum absolute atomic E-state index is 0.103. The van der Waals surface area contributed by atoms with Crippen LogP contribution in [0.4, 0.5) is 10.1 Å². The van der Waals surface area contributed by atoms with Crippen LogP contribution in [0.25, 0.3) is 6.08 Å². The topological polar surface area (TPSA) is 72.5 Å². The number of nitrogens with one attached hydrogen (secondary N) is 1. The summed E-state index contributed by atoms with van der Waals surface area (Å²) in [5.41, 5.74) is 2.46. The molecular formula is C24H18ClFN2O3S. The summed E-state index contributed by atoms with van der Waals surface area (Å²) in [6.07, 6.45) is 1.55. The van der Waals surface area contributed by atoms with Crippen molar-refractivity contribution in [2.75, 3.05) is 11.4 Å². The van der Waals surface area contributed by atoms with E-state index in [2.05, 4.69) is 5.32 Å². The van der Waals surface area contributed by atoms with Crippen LogP contribution in [-0.4, -0.2) is 23.3 Å². The number of amides is 1. The van der Waals surface area contributed by atoms with Crippen LogP contribution in [0.2, 0.25) is 5.02 Å². The minimum Gasteiger partial charge on any atom is -0.588 e. The van der Waals surface area contributed by atoms with Crippen LogP contribution in [-0.2, 0) is 17.9 Å². The number of hydrogen-bond donors (Lipinski definition) is 1. The molecule has 32 heavy (non-hydrogen) atoms. The van der Waals surface area contributed by atoms with Gasteiger partial charge in [0.1, 0.15) is 17.2 Å². The molecule has 8 heteroatoms. The number of anilines is 1. The van der Waals surface area contributed by atoms with E-state index in [9.17, 15) is 18.5 Å². The fourth-order valence-electron chi connectivity index (χ4n) is 3.33. The molecule has 0 aliphatic carbocycles. The van der Waals surface area contributed by atoms with Crippen molar-refractivity contribution >= 4 is 46.4 Å². The summed E-state index contributed by atoms with van der Waals surface area (Å²) in [5, 5.41) is 3.26. The maximum Gasteiger partial charge on any atom is 0.251 e. The Labute approximate surface area is 192 Å². The standard InChI is InChI=1S/C24H18ClFN2O3S/c1-28-21-10-7-17(24(30)27-14-15-5-8-19(26)9-6-15)13-20(21)23(29)22(32(28)31)12-16-3-2-4-18(25)11-16/h2-13H,14H2,1H3,(H,27,30)/b22-12-. The van der Waals surface area contributed by atoms with Gasteiger partial charge in [-0.15, -0.1) is 0 Å². The number of hydrogen-bond acceptors (Lipinski definition) is 4. The Balaban J connectivity index is 1.60. The molecule has 0 bridgehead atoms. The van der Waals surface area contributed by atoms with Gasteiger partial charge in [-0.1, -0.05) is 35.9 Å². The maximum atomic E-state index is 13.2. The molecule has 1 unspecified atom stereocenters. The van der Waals surface area contributed by atoms with Gasteiger partial charge in [0.25, 0.3) is 5.91 Å². The van der Waals surface area contributed by atoms with Crippen LogP contribution in [0, 0.1) is 5.82 Å². The Morgan fingerprint density at radius 2 is 1.91 bits per heavy atom. The second-order valence-electron chi connectivity index (χ2n) is 7.18. The molecule has 1 amide bonds. The Kier molecular flexibility index (Phi) is 6.32. The van der Waals surface area contributed by atoms with Crippen molar-refractivity contribution in [2.24, 2.45) is 0 Å². The van der Waals surface area contributed by atoms with E-state index < -0.39 is 17.1 Å². The summed E-state index contributed by atoms with van der Waals surface area (Å²) in [5.74, 6) is -1.14. The number of ketones is 1. The first-order chi connectivity index (χ1) is 15.3. The lowest BCUT2D eigenvalue weighted by Gasteiger charge is -2.29. The highest BCUT2D eigenvalue weighted by Gasteiger charge is 2.38. The normalized spacial score (nSPS) is 16.8. The molecule has 0 fully saturated rings. The number of rotatable bonds is 4. The number of fused-ring (bicyclic) bond motifs is 1. The second-order valence-corrected chi connectivity index (χ2v) is 9.10. The zero-order valence-corrected chi connectivity index (χ0v) is 18.5. The molecule has 3 aromatic carbocycles. The lowest BCUT2D eigenvalue weighted by Crippen LogP contribution is -2.36. The van der Waals surface area contributed by atoms with Crippen LogP contribution in [0.1, 0.15) is 31.8 Å². The molecule has 0 aromatic heterocycles. The van der Waals surface area contributed by atoms with Crippen LogP contribution >= 0.6 is 11.6 Å². The van der Waals surface area contributed by atoms with Gasteiger partial charge in [0, 0.05) is 23.2 Å². The van der Waals surface area contributed by atoms with E-state index in [1.165, 1.54) is 22.5 Å². The van der Waals surface area contributed by atoms with E-state index in [0.717, 1.165) is 5.56 Å². The summed E-state index contributed by atoms with van der Waals surface area (Å²) in [4.78, 5) is 25.9. The third kappa shape index (κ3) is 4.55. The monoisotopic (exact) mass is 468 g/mol. The third-order valence-corrected chi connectivity index (χ3v) is 6.62. The van der Waals surface area contributed by atoms with Gasteiger partial charge in [0.2, 0.25) is 10.7 Å². The van der Waals surface area contributed by atoms with Gasteiger partial charge in [-0.25, -0.2) is 4.39 Å². The zero-order valence-electron chi connectivity index (χ0n) is 17.0. The third-order valence-electron chi connectivity index (χ3n) is 5.02. The molecule has 4 rings (SSSR count). The average Bonchev–Trinajstić information content (AvgIpc) is 2.79. The first-order valence-electron chi connectivity index (χ1n) is 9.68. The Morgan fingerprint density at radius 1 is 1.16 bits per heavy atom. The van der Waals surface area contributed by atoms with Crippen molar-refractivity contribution in [1.82, 2.24) is 5.32 Å². The van der Waals surface area contributed by atoms with Crippen molar-refractivity contribution in [1.29, 1.82) is 0 Å². The highest BCUT2D eigenvalue weighted by atomic mass is 35.5. The number of Topliss-reactive ketones (excluding diaryl/α,β-unsaturated/α-hetero) is 1. The predicted molar refractivity (Wildman–Crippen MR) is 124 cm³/mol. The number of halogens is 2. The molecule has 0 spiro atoms. The van der Waals surface area contributed by atoms with Crippen LogP contribution in [0.3, 0.4) is 0 Å². The van der Waals surface area contributed by atoms with E-state index in [1.54, 1.807) is 61.7 Å². The fourth-order valence-corrected chi connectivity index (χ4v) is 4.67. The average molecular weight is 469 g/mol. The molecule has 5 nitrogen and oxygen atoms in total. The van der Waals surface area contributed by atoms with Crippen molar-refractivity contribution in [3.05, 3.63) is 105 Å². The van der Waals surface area contributed by atoms with Crippen LogP contribution in [0.15, 0.2) is 71.6 Å². The lowest BCUT2D eigenvalue weighted by molar-refractivity contribution is 0.0951. The quantitative estimate of drug-likeness (QED) is 0.443. The molecular weight excluding hydrogens is 451 g/mol. The molecule has 3 aromatic rings. The molecule has 0 radical (unpaired) electrons. The summed E-state index contributed by atoms with van der Waals surface area (Å²) in [7, 11) is 1.63. The van der Waals surface area contributed by atoms with Crippen molar-refractivity contribution in [3.8, 4) is 0 Å². The first-order valence-corrected chi connectivity index (χ1v) is 11.2. The van der Waals surface area contributed by atoms with Gasteiger partial charge in [0.15, 0.2) is 0 Å². The Bertz CT molecular complexity index is 1230. The SMILES string of the molecule is CN1c2ccc(C(=O)NCc3ccc(F)cc3)cc2C(=O)/C(=C/c2cccc(Cl)c2)[S+]1[O-]. The summed E-state index contributed by atoms with van der Waals surface area (Å²) >= 11 is 4.32. The van der Waals surface area contributed by atoms with Gasteiger partial charge >= 0.3 is 0 Å². The molecule has 1 heterocycles. The van der Waals surface area contributed by atoms with E-state index in [-0.39, 0.29) is 28.7 Å². The molecule has 1 atom stereocenters. The number of allylic oxidation sites excluding steroid dienone is 1. The van der Waals surface area contributed by atoms with E-state index in [1.807, 2.05) is 0 Å². The summed E-state index contributed by atoms with van der Waals surface area (Å²) in [6, 6.07) is 17.4. The smallest absolute Gasteiger partial charge is 0.251 e. The molecule has 1 N–H and O–H groups in total. The number of nitrogens with zero attached hydrogens (tertiary/aromatic N) is 1. The van der Waals surface area contributed by atoms with E-state index in [0.29, 0.717) is 21.8 Å². The highest BCUT2D eigenvalue weighted by molar-refractivity contribution is 7.97. The van der Waals surface area contributed by atoms with Crippen LogP contribution < -0.4 is 9.62 Å². The molecule has 0 saturated carbocycles. The highest BCUT2D eigenvalue weighted by Crippen LogP contribution is 2.35. The van der Waals surface area contributed by atoms with Crippen molar-refractivity contribution in [3.63, 3.8) is 0 Å². The summed E-state index contributed by atoms with van der Waals surface area (Å²) < 4.78 is 27.4. The summed E-state index contributed by atoms with van der Waals surface area (Å²) in [6.45, 7) is 0.216. The van der Waals surface area contributed by atoms with Gasteiger partial charge in [-0.3, -0.25) is 9.59 Å². The lowest BCUT2D eigenvalue weighted by atomic mass is 10.0. The molecule has 0 saturated heterocycles. The Hall–Kier alpha value is -3.13. The fraction of sp³-hybridized carbons (Fsp3) is 0.0833.